The van der Waals surface area contributed by atoms with Crippen LogP contribution in [0.1, 0.15) is 6.42 Å². The van der Waals surface area contributed by atoms with Gasteiger partial charge in [0.1, 0.15) is 0 Å². The van der Waals surface area contributed by atoms with Gasteiger partial charge < -0.3 is 5.32 Å². The zero-order valence-corrected chi connectivity index (χ0v) is 12.5. The van der Waals surface area contributed by atoms with E-state index in [0.29, 0.717) is 11.8 Å². The molecule has 5 heteroatoms. The molecule has 0 saturated heterocycles. The maximum Gasteiger partial charge on any atom is 0.225 e. The van der Waals surface area contributed by atoms with Crippen molar-refractivity contribution in [3.8, 4) is 0 Å². The van der Waals surface area contributed by atoms with Crippen molar-refractivity contribution in [2.45, 2.75) is 6.42 Å². The lowest BCUT2D eigenvalue weighted by atomic mass is 10.3. The van der Waals surface area contributed by atoms with Gasteiger partial charge in [-0.05, 0) is 56.7 Å². The Kier molecular flexibility index (Phi) is 5.40. The van der Waals surface area contributed by atoms with Gasteiger partial charge in [0, 0.05) is 19.8 Å². The summed E-state index contributed by atoms with van der Waals surface area (Å²) in [4.78, 5) is 11.3. The van der Waals surface area contributed by atoms with Crippen molar-refractivity contribution in [1.82, 2.24) is 0 Å². The zero-order chi connectivity index (χ0) is 10.6. The van der Waals surface area contributed by atoms with Gasteiger partial charge in [-0.3, -0.25) is 4.79 Å². The smallest absolute Gasteiger partial charge is 0.225 e. The highest BCUT2D eigenvalue weighted by Crippen LogP contribution is 2.24. The van der Waals surface area contributed by atoms with Crippen LogP contribution < -0.4 is 5.32 Å². The fraction of sp³-hybridized carbons (Fsp3) is 0.222. The van der Waals surface area contributed by atoms with E-state index in [-0.39, 0.29) is 5.91 Å². The number of rotatable bonds is 3. The third kappa shape index (κ3) is 3.86. The predicted molar refractivity (Wildman–Crippen MR) is 73.9 cm³/mol. The van der Waals surface area contributed by atoms with Crippen LogP contribution in [-0.2, 0) is 4.79 Å². The first-order chi connectivity index (χ1) is 6.63. The molecule has 1 amide bonds. The van der Waals surface area contributed by atoms with Gasteiger partial charge in [0.25, 0.3) is 0 Å². The molecule has 0 spiro atoms. The molecule has 2 nitrogen and oxygen atoms in total. The molecule has 0 fully saturated rings. The summed E-state index contributed by atoms with van der Waals surface area (Å²) in [6.45, 7) is 0. The summed E-state index contributed by atoms with van der Waals surface area (Å²) in [5, 5.41) is 3.51. The van der Waals surface area contributed by atoms with Crippen LogP contribution in [0, 0.1) is 3.57 Å². The Bertz CT molecular complexity index is 344. The summed E-state index contributed by atoms with van der Waals surface area (Å²) >= 11 is 8.81. The summed E-state index contributed by atoms with van der Waals surface area (Å²) in [7, 11) is 0. The van der Waals surface area contributed by atoms with Crippen molar-refractivity contribution in [3.63, 3.8) is 0 Å². The number of hydrogen-bond donors (Lipinski definition) is 1. The van der Waals surface area contributed by atoms with Crippen LogP contribution in [0.2, 0.25) is 0 Å². The van der Waals surface area contributed by atoms with E-state index in [1.807, 2.05) is 18.2 Å². The van der Waals surface area contributed by atoms with Crippen LogP contribution >= 0.6 is 54.5 Å². The topological polar surface area (TPSA) is 29.1 Å². The molecule has 0 bridgehead atoms. The van der Waals surface area contributed by atoms with Gasteiger partial charge in [-0.2, -0.15) is 0 Å². The van der Waals surface area contributed by atoms with E-state index in [4.69, 9.17) is 0 Å². The number of carbonyl (C=O) groups excluding carboxylic acids is 1. The number of carbonyl (C=O) groups is 1. The second-order valence-electron chi connectivity index (χ2n) is 2.61. The largest absolute Gasteiger partial charge is 0.325 e. The zero-order valence-electron chi connectivity index (χ0n) is 7.19. The number of alkyl halides is 1. The SMILES string of the molecule is O=C(CCBr)Nc1cc(I)ccc1Br. The molecule has 14 heavy (non-hydrogen) atoms. The van der Waals surface area contributed by atoms with Crippen LogP contribution in [0.25, 0.3) is 0 Å². The molecule has 0 aliphatic carbocycles. The normalized spacial score (nSPS) is 9.93. The minimum atomic E-state index is 0.0181. The van der Waals surface area contributed by atoms with Crippen molar-refractivity contribution in [1.29, 1.82) is 0 Å². The fourth-order valence-electron chi connectivity index (χ4n) is 0.892. The van der Waals surface area contributed by atoms with Gasteiger partial charge in [-0.15, -0.1) is 0 Å². The number of amides is 1. The molecule has 1 aromatic rings. The maximum atomic E-state index is 11.3. The van der Waals surface area contributed by atoms with Gasteiger partial charge in [0.15, 0.2) is 0 Å². The Hall–Kier alpha value is 0.380. The van der Waals surface area contributed by atoms with Gasteiger partial charge >= 0.3 is 0 Å². The van der Waals surface area contributed by atoms with Crippen molar-refractivity contribution >= 4 is 66.0 Å². The summed E-state index contributed by atoms with van der Waals surface area (Å²) in [5.41, 5.74) is 0.822. The van der Waals surface area contributed by atoms with Crippen molar-refractivity contribution in [2.24, 2.45) is 0 Å². The van der Waals surface area contributed by atoms with Crippen molar-refractivity contribution < 1.29 is 4.79 Å². The third-order valence-electron chi connectivity index (χ3n) is 1.52. The molecule has 0 saturated carbocycles. The first-order valence-corrected chi connectivity index (χ1v) is 6.93. The number of nitrogens with one attached hydrogen (secondary N) is 1. The van der Waals surface area contributed by atoms with E-state index in [0.717, 1.165) is 13.7 Å². The highest BCUT2D eigenvalue weighted by atomic mass is 127. The van der Waals surface area contributed by atoms with Crippen LogP contribution in [-0.4, -0.2) is 11.2 Å². The Morgan fingerprint density at radius 2 is 2.21 bits per heavy atom. The number of benzene rings is 1. The molecule has 1 rings (SSSR count). The standard InChI is InChI=1S/C9H8Br2INO/c10-4-3-9(14)13-8-5-6(12)1-2-7(8)11/h1-2,5H,3-4H2,(H,13,14). The Labute approximate surface area is 113 Å². The molecule has 1 aromatic carbocycles. The molecule has 0 aliphatic heterocycles. The molecule has 0 aromatic heterocycles. The maximum absolute atomic E-state index is 11.3. The molecule has 0 radical (unpaired) electrons. The number of halogens is 3. The van der Waals surface area contributed by atoms with E-state index in [1.54, 1.807) is 0 Å². The lowest BCUT2D eigenvalue weighted by Gasteiger charge is -2.06. The predicted octanol–water partition coefficient (Wildman–Crippen LogP) is 3.78. The molecule has 0 heterocycles. The van der Waals surface area contributed by atoms with E-state index < -0.39 is 0 Å². The second kappa shape index (κ2) is 6.07. The molecule has 1 N–H and O–H groups in total. The molecule has 0 aliphatic rings. The van der Waals surface area contributed by atoms with Crippen molar-refractivity contribution in [2.75, 3.05) is 10.6 Å². The highest BCUT2D eigenvalue weighted by molar-refractivity contribution is 14.1. The first-order valence-electron chi connectivity index (χ1n) is 3.94. The van der Waals surface area contributed by atoms with Crippen LogP contribution in [0.5, 0.6) is 0 Å². The Balaban J connectivity index is 2.75. The van der Waals surface area contributed by atoms with Crippen molar-refractivity contribution in [3.05, 3.63) is 26.2 Å². The quantitative estimate of drug-likeness (QED) is 0.571. The molecule has 76 valence electrons. The van der Waals surface area contributed by atoms with Gasteiger partial charge in [0.05, 0.1) is 5.69 Å². The van der Waals surface area contributed by atoms with E-state index in [9.17, 15) is 4.79 Å². The lowest BCUT2D eigenvalue weighted by molar-refractivity contribution is -0.115. The summed E-state index contributed by atoms with van der Waals surface area (Å²) in [6.07, 6.45) is 0.484. The molecular weight excluding hydrogens is 425 g/mol. The van der Waals surface area contributed by atoms with Crippen LogP contribution in [0.3, 0.4) is 0 Å². The number of anilines is 1. The first kappa shape index (κ1) is 12.4. The van der Waals surface area contributed by atoms with Crippen LogP contribution in [0.15, 0.2) is 22.7 Å². The molecule has 0 unspecified atom stereocenters. The fourth-order valence-corrected chi connectivity index (χ4v) is 2.09. The average Bonchev–Trinajstić information content (AvgIpc) is 2.12. The van der Waals surface area contributed by atoms with E-state index >= 15 is 0 Å². The summed E-state index contributed by atoms with van der Waals surface area (Å²) in [5.74, 6) is 0.0181. The minimum absolute atomic E-state index is 0.0181. The third-order valence-corrected chi connectivity index (χ3v) is 3.28. The van der Waals surface area contributed by atoms with Gasteiger partial charge in [-0.25, -0.2) is 0 Å². The minimum Gasteiger partial charge on any atom is -0.325 e. The van der Waals surface area contributed by atoms with Crippen LogP contribution in [0.4, 0.5) is 5.69 Å². The summed E-state index contributed by atoms with van der Waals surface area (Å²) < 4.78 is 2.00. The lowest BCUT2D eigenvalue weighted by Crippen LogP contribution is -2.12. The molecule has 0 atom stereocenters. The Morgan fingerprint density at radius 3 is 2.86 bits per heavy atom. The van der Waals surface area contributed by atoms with Gasteiger partial charge in [-0.1, -0.05) is 15.9 Å². The molecular formula is C9H8Br2INO. The van der Waals surface area contributed by atoms with E-state index in [1.165, 1.54) is 0 Å². The number of hydrogen-bond acceptors (Lipinski definition) is 1. The van der Waals surface area contributed by atoms with Gasteiger partial charge in [0.2, 0.25) is 5.91 Å². The Morgan fingerprint density at radius 1 is 1.50 bits per heavy atom. The van der Waals surface area contributed by atoms with E-state index in [2.05, 4.69) is 59.8 Å². The summed E-state index contributed by atoms with van der Waals surface area (Å²) in [6, 6.07) is 5.83. The average molecular weight is 433 g/mol. The second-order valence-corrected chi connectivity index (χ2v) is 5.50. The highest BCUT2D eigenvalue weighted by Gasteiger charge is 2.04. The monoisotopic (exact) mass is 431 g/mol.